The number of carboxylic acid groups (broad SMARTS) is 1. The van der Waals surface area contributed by atoms with Crippen molar-refractivity contribution in [3.05, 3.63) is 51.9 Å². The Hall–Kier alpha value is -1.75. The van der Waals surface area contributed by atoms with Crippen LogP contribution in [0.15, 0.2) is 39.2 Å². The molecule has 18 heavy (non-hydrogen) atoms. The lowest BCUT2D eigenvalue weighted by Crippen LogP contribution is -2.03. The zero-order chi connectivity index (χ0) is 13.1. The zero-order valence-corrected chi connectivity index (χ0v) is 11.2. The number of aromatic carboxylic acids is 1. The third kappa shape index (κ3) is 2.92. The van der Waals surface area contributed by atoms with Crippen molar-refractivity contribution >= 4 is 21.9 Å². The van der Waals surface area contributed by atoms with Crippen LogP contribution in [0.5, 0.6) is 5.75 Å². The molecule has 0 bridgehead atoms. The van der Waals surface area contributed by atoms with E-state index in [1.165, 1.54) is 6.07 Å². The largest absolute Gasteiger partial charge is 0.485 e. The van der Waals surface area contributed by atoms with E-state index >= 15 is 0 Å². The summed E-state index contributed by atoms with van der Waals surface area (Å²) >= 11 is 3.28. The number of aryl methyl sites for hydroxylation is 1. The maximum absolute atomic E-state index is 11.0. The van der Waals surface area contributed by atoms with Crippen molar-refractivity contribution in [1.82, 2.24) is 0 Å². The van der Waals surface area contributed by atoms with Gasteiger partial charge in [-0.05, 0) is 37.3 Å². The van der Waals surface area contributed by atoms with Crippen molar-refractivity contribution < 1.29 is 19.1 Å². The quantitative estimate of drug-likeness (QED) is 0.936. The highest BCUT2D eigenvalue weighted by Crippen LogP contribution is 2.25. The van der Waals surface area contributed by atoms with E-state index in [-0.39, 0.29) is 12.2 Å². The van der Waals surface area contributed by atoms with E-state index in [0.717, 1.165) is 10.2 Å². The van der Waals surface area contributed by atoms with Crippen LogP contribution in [0.1, 0.15) is 21.9 Å². The average molecular weight is 311 g/mol. The lowest BCUT2D eigenvalue weighted by molar-refractivity contribution is 0.0691. The highest BCUT2D eigenvalue weighted by molar-refractivity contribution is 9.10. The van der Waals surface area contributed by atoms with Crippen LogP contribution in [0.25, 0.3) is 0 Å². The van der Waals surface area contributed by atoms with Crippen LogP contribution >= 0.6 is 15.9 Å². The Kier molecular flexibility index (Phi) is 3.72. The normalized spacial score (nSPS) is 10.3. The van der Waals surface area contributed by atoms with Gasteiger partial charge in [-0.25, -0.2) is 4.79 Å². The van der Waals surface area contributed by atoms with Gasteiger partial charge >= 0.3 is 5.97 Å². The summed E-state index contributed by atoms with van der Waals surface area (Å²) < 4.78 is 11.6. The fourth-order valence-corrected chi connectivity index (χ4v) is 1.84. The van der Waals surface area contributed by atoms with Crippen molar-refractivity contribution in [2.75, 3.05) is 0 Å². The summed E-state index contributed by atoms with van der Waals surface area (Å²) in [6, 6.07) is 8.41. The third-order valence-electron chi connectivity index (χ3n) is 2.34. The number of benzene rings is 1. The number of furan rings is 1. The van der Waals surface area contributed by atoms with E-state index in [0.29, 0.717) is 11.5 Å². The van der Waals surface area contributed by atoms with Gasteiger partial charge in [-0.1, -0.05) is 15.9 Å². The van der Waals surface area contributed by atoms with Gasteiger partial charge in [-0.15, -0.1) is 0 Å². The van der Waals surface area contributed by atoms with E-state index in [9.17, 15) is 4.79 Å². The molecule has 0 saturated heterocycles. The molecule has 2 rings (SSSR count). The number of rotatable bonds is 4. The second-order valence-corrected chi connectivity index (χ2v) is 4.66. The predicted molar refractivity (Wildman–Crippen MR) is 68.9 cm³/mol. The molecule has 0 aliphatic carbocycles. The zero-order valence-electron chi connectivity index (χ0n) is 9.64. The van der Waals surface area contributed by atoms with Crippen molar-refractivity contribution in [3.8, 4) is 5.75 Å². The molecule has 4 nitrogen and oxygen atoms in total. The Morgan fingerprint density at radius 3 is 2.78 bits per heavy atom. The van der Waals surface area contributed by atoms with Gasteiger partial charge in [-0.3, -0.25) is 0 Å². The van der Waals surface area contributed by atoms with Crippen molar-refractivity contribution in [2.45, 2.75) is 13.5 Å². The molecule has 94 valence electrons. The number of hydrogen-bond donors (Lipinski definition) is 1. The molecule has 0 aliphatic heterocycles. The van der Waals surface area contributed by atoms with Gasteiger partial charge < -0.3 is 14.3 Å². The minimum absolute atomic E-state index is 0.126. The molecule has 1 aromatic carbocycles. The fraction of sp³-hybridized carbons (Fsp3) is 0.154. The minimum atomic E-state index is -1.02. The van der Waals surface area contributed by atoms with E-state index in [4.69, 9.17) is 14.3 Å². The molecule has 0 atom stereocenters. The van der Waals surface area contributed by atoms with Gasteiger partial charge in [0, 0.05) is 4.47 Å². The van der Waals surface area contributed by atoms with Crippen LogP contribution in [0.2, 0.25) is 0 Å². The summed E-state index contributed by atoms with van der Waals surface area (Å²) in [7, 11) is 0. The molecule has 0 radical (unpaired) electrons. The summed E-state index contributed by atoms with van der Waals surface area (Å²) in [5.41, 5.74) is 0.126. The monoisotopic (exact) mass is 310 g/mol. The molecule has 5 heteroatoms. The summed E-state index contributed by atoms with van der Waals surface area (Å²) in [6.45, 7) is 2.04. The highest BCUT2D eigenvalue weighted by Gasteiger charge is 2.12. The Balaban J connectivity index is 2.17. The maximum Gasteiger partial charge on any atom is 0.339 e. The first-order valence-electron chi connectivity index (χ1n) is 5.27. The van der Waals surface area contributed by atoms with Crippen molar-refractivity contribution in [1.29, 1.82) is 0 Å². The minimum Gasteiger partial charge on any atom is -0.485 e. The molecule has 2 aromatic rings. The Labute approximate surface area is 112 Å². The van der Waals surface area contributed by atoms with E-state index in [1.54, 1.807) is 18.2 Å². The molecule has 0 fully saturated rings. The number of halogens is 1. The van der Waals surface area contributed by atoms with E-state index < -0.39 is 5.97 Å². The second kappa shape index (κ2) is 5.27. The highest BCUT2D eigenvalue weighted by atomic mass is 79.9. The van der Waals surface area contributed by atoms with Gasteiger partial charge in [0.2, 0.25) is 0 Å². The van der Waals surface area contributed by atoms with Gasteiger partial charge in [-0.2, -0.15) is 0 Å². The number of ether oxygens (including phenoxy) is 1. The lowest BCUT2D eigenvalue weighted by Gasteiger charge is -2.08. The van der Waals surface area contributed by atoms with Gasteiger partial charge in [0.1, 0.15) is 29.4 Å². The first-order chi connectivity index (χ1) is 8.56. The fourth-order valence-electron chi connectivity index (χ4n) is 1.50. The summed E-state index contributed by atoms with van der Waals surface area (Å²) in [6.07, 6.45) is 0. The molecule has 0 amide bonds. The first kappa shape index (κ1) is 12.7. The Morgan fingerprint density at radius 1 is 1.39 bits per heavy atom. The van der Waals surface area contributed by atoms with Crippen LogP contribution in [0.3, 0.4) is 0 Å². The standard InChI is InChI=1S/C13H11BrO4/c1-8-2-4-10(18-8)7-17-12-6-9(14)3-5-11(12)13(15)16/h2-6H,7H2,1H3,(H,15,16). The molecule has 0 unspecified atom stereocenters. The summed E-state index contributed by atoms with van der Waals surface area (Å²) in [4.78, 5) is 11.0. The van der Waals surface area contributed by atoms with Gasteiger partial charge in [0.25, 0.3) is 0 Å². The molecule has 0 spiro atoms. The predicted octanol–water partition coefficient (Wildman–Crippen LogP) is 3.63. The van der Waals surface area contributed by atoms with Crippen LogP contribution in [-0.2, 0) is 6.61 Å². The number of hydrogen-bond acceptors (Lipinski definition) is 3. The molecule has 0 saturated carbocycles. The lowest BCUT2D eigenvalue weighted by atomic mass is 10.2. The average Bonchev–Trinajstić information content (AvgIpc) is 2.72. The van der Waals surface area contributed by atoms with Crippen molar-refractivity contribution in [2.24, 2.45) is 0 Å². The number of carboxylic acids is 1. The SMILES string of the molecule is Cc1ccc(COc2cc(Br)ccc2C(=O)O)o1. The second-order valence-electron chi connectivity index (χ2n) is 3.75. The van der Waals surface area contributed by atoms with Crippen molar-refractivity contribution in [3.63, 3.8) is 0 Å². The van der Waals surface area contributed by atoms with Crippen LogP contribution in [-0.4, -0.2) is 11.1 Å². The number of carbonyl (C=O) groups is 1. The smallest absolute Gasteiger partial charge is 0.339 e. The Morgan fingerprint density at radius 2 is 2.17 bits per heavy atom. The summed E-state index contributed by atoms with van der Waals surface area (Å²) in [5, 5.41) is 9.04. The van der Waals surface area contributed by atoms with Crippen LogP contribution < -0.4 is 4.74 Å². The summed E-state index contributed by atoms with van der Waals surface area (Å²) in [5.74, 6) is 0.740. The van der Waals surface area contributed by atoms with Crippen LogP contribution in [0, 0.1) is 6.92 Å². The molecule has 0 aliphatic rings. The van der Waals surface area contributed by atoms with E-state index in [1.807, 2.05) is 13.0 Å². The Bertz CT molecular complexity index is 574. The van der Waals surface area contributed by atoms with Gasteiger partial charge in [0.05, 0.1) is 0 Å². The van der Waals surface area contributed by atoms with E-state index in [2.05, 4.69) is 15.9 Å². The molecular formula is C13H11BrO4. The maximum atomic E-state index is 11.0. The molecule has 1 heterocycles. The third-order valence-corrected chi connectivity index (χ3v) is 2.83. The van der Waals surface area contributed by atoms with Gasteiger partial charge in [0.15, 0.2) is 0 Å². The molecule has 1 N–H and O–H groups in total. The molecular weight excluding hydrogens is 300 g/mol. The van der Waals surface area contributed by atoms with Crippen LogP contribution in [0.4, 0.5) is 0 Å². The first-order valence-corrected chi connectivity index (χ1v) is 6.06. The molecule has 1 aromatic heterocycles. The topological polar surface area (TPSA) is 59.7 Å².